The van der Waals surface area contributed by atoms with Crippen molar-refractivity contribution >= 4 is 34.7 Å². The van der Waals surface area contributed by atoms with Crippen molar-refractivity contribution in [3.63, 3.8) is 0 Å². The Labute approximate surface area is 125 Å². The second-order valence-corrected chi connectivity index (χ2v) is 4.97. The monoisotopic (exact) mass is 301 g/mol. The van der Waals surface area contributed by atoms with Gasteiger partial charge in [-0.15, -0.1) is 0 Å². The van der Waals surface area contributed by atoms with E-state index in [4.69, 9.17) is 11.6 Å². The summed E-state index contributed by atoms with van der Waals surface area (Å²) in [5.41, 5.74) is 2.02. The summed E-state index contributed by atoms with van der Waals surface area (Å²) in [4.78, 5) is 19.8. The van der Waals surface area contributed by atoms with Gasteiger partial charge >= 0.3 is 0 Å². The van der Waals surface area contributed by atoms with Gasteiger partial charge in [-0.2, -0.15) is 14.6 Å². The molecule has 21 heavy (non-hydrogen) atoms. The number of carbonyl (C=O) groups is 1. The standard InChI is InChI=1S/C14H12ClN5O/c1-8-12(15)13(20-14(18-8)16-7-17-20)19-11-5-3-4-10(6-11)9(2)21/h3-7,19H,1-2H3. The number of aryl methyl sites for hydroxylation is 1. The third-order valence-corrected chi connectivity index (χ3v) is 3.52. The van der Waals surface area contributed by atoms with Gasteiger partial charge in [-0.05, 0) is 26.0 Å². The van der Waals surface area contributed by atoms with E-state index in [1.807, 2.05) is 6.07 Å². The van der Waals surface area contributed by atoms with Crippen molar-refractivity contribution in [3.05, 3.63) is 46.9 Å². The molecule has 7 heteroatoms. The van der Waals surface area contributed by atoms with E-state index in [0.717, 1.165) is 5.69 Å². The lowest BCUT2D eigenvalue weighted by molar-refractivity contribution is 0.101. The van der Waals surface area contributed by atoms with Crippen LogP contribution in [0, 0.1) is 6.92 Å². The predicted octanol–water partition coefficient (Wildman–Crippen LogP) is 3.03. The van der Waals surface area contributed by atoms with E-state index in [9.17, 15) is 4.79 Å². The number of hydrogen-bond acceptors (Lipinski definition) is 5. The van der Waals surface area contributed by atoms with Crippen molar-refractivity contribution in [3.8, 4) is 0 Å². The van der Waals surface area contributed by atoms with Gasteiger partial charge < -0.3 is 5.32 Å². The van der Waals surface area contributed by atoms with Gasteiger partial charge in [0.1, 0.15) is 11.3 Å². The molecule has 0 radical (unpaired) electrons. The van der Waals surface area contributed by atoms with Gasteiger partial charge in [0.15, 0.2) is 11.6 Å². The number of anilines is 2. The predicted molar refractivity (Wildman–Crippen MR) is 80.3 cm³/mol. The number of nitrogens with zero attached hydrogens (tertiary/aromatic N) is 4. The number of ketones is 1. The molecule has 0 aliphatic rings. The highest BCUT2D eigenvalue weighted by atomic mass is 35.5. The summed E-state index contributed by atoms with van der Waals surface area (Å²) in [6.45, 7) is 3.33. The summed E-state index contributed by atoms with van der Waals surface area (Å²) < 4.78 is 1.52. The fourth-order valence-electron chi connectivity index (χ4n) is 1.99. The third kappa shape index (κ3) is 2.45. The number of halogens is 1. The highest BCUT2D eigenvalue weighted by molar-refractivity contribution is 6.33. The van der Waals surface area contributed by atoms with E-state index in [1.54, 1.807) is 25.1 Å². The summed E-state index contributed by atoms with van der Waals surface area (Å²) in [6.07, 6.45) is 1.41. The molecule has 3 aromatic rings. The molecule has 3 rings (SSSR count). The van der Waals surface area contributed by atoms with Gasteiger partial charge in [-0.1, -0.05) is 23.7 Å². The fourth-order valence-corrected chi connectivity index (χ4v) is 2.16. The van der Waals surface area contributed by atoms with Crippen LogP contribution in [-0.2, 0) is 0 Å². The molecule has 106 valence electrons. The lowest BCUT2D eigenvalue weighted by Crippen LogP contribution is -2.05. The molecular formula is C14H12ClN5O. The topological polar surface area (TPSA) is 72.2 Å². The summed E-state index contributed by atoms with van der Waals surface area (Å²) in [7, 11) is 0. The molecular weight excluding hydrogens is 290 g/mol. The Balaban J connectivity index is 2.09. The van der Waals surface area contributed by atoms with Crippen LogP contribution in [0.25, 0.3) is 5.78 Å². The second kappa shape index (κ2) is 5.14. The average Bonchev–Trinajstić information content (AvgIpc) is 2.92. The van der Waals surface area contributed by atoms with Crippen LogP contribution in [0.3, 0.4) is 0 Å². The van der Waals surface area contributed by atoms with Gasteiger partial charge in [0.05, 0.1) is 5.69 Å². The Morgan fingerprint density at radius 2 is 2.19 bits per heavy atom. The summed E-state index contributed by atoms with van der Waals surface area (Å²) in [6, 6.07) is 7.18. The number of nitrogens with one attached hydrogen (secondary N) is 1. The van der Waals surface area contributed by atoms with Crippen molar-refractivity contribution in [1.82, 2.24) is 19.6 Å². The van der Waals surface area contributed by atoms with Gasteiger partial charge in [0.2, 0.25) is 0 Å². The quantitative estimate of drug-likeness (QED) is 0.753. The molecule has 0 unspecified atom stereocenters. The van der Waals surface area contributed by atoms with Crippen molar-refractivity contribution < 1.29 is 4.79 Å². The van der Waals surface area contributed by atoms with Crippen LogP contribution in [0.2, 0.25) is 5.02 Å². The molecule has 0 bridgehead atoms. The minimum atomic E-state index is 0.00144. The first-order valence-corrected chi connectivity index (χ1v) is 6.68. The lowest BCUT2D eigenvalue weighted by Gasteiger charge is -2.11. The molecule has 0 fully saturated rings. The number of benzene rings is 1. The van der Waals surface area contributed by atoms with Crippen molar-refractivity contribution in [1.29, 1.82) is 0 Å². The smallest absolute Gasteiger partial charge is 0.254 e. The van der Waals surface area contributed by atoms with Gasteiger partial charge in [0, 0.05) is 11.3 Å². The zero-order chi connectivity index (χ0) is 15.0. The molecule has 1 aromatic carbocycles. The van der Waals surface area contributed by atoms with E-state index in [2.05, 4.69) is 20.4 Å². The van der Waals surface area contributed by atoms with E-state index in [-0.39, 0.29) is 5.78 Å². The van der Waals surface area contributed by atoms with E-state index >= 15 is 0 Å². The van der Waals surface area contributed by atoms with Crippen LogP contribution in [0.15, 0.2) is 30.6 Å². The molecule has 6 nitrogen and oxygen atoms in total. The Hall–Kier alpha value is -2.47. The van der Waals surface area contributed by atoms with Crippen LogP contribution < -0.4 is 5.32 Å². The van der Waals surface area contributed by atoms with Crippen molar-refractivity contribution in [2.24, 2.45) is 0 Å². The molecule has 0 saturated carbocycles. The van der Waals surface area contributed by atoms with Crippen LogP contribution in [0.4, 0.5) is 11.5 Å². The maximum Gasteiger partial charge on any atom is 0.254 e. The maximum absolute atomic E-state index is 11.5. The first-order valence-electron chi connectivity index (χ1n) is 6.30. The Morgan fingerprint density at radius 1 is 1.38 bits per heavy atom. The Bertz CT molecular complexity index is 842. The number of fused-ring (bicyclic) bond motifs is 1. The zero-order valence-corrected chi connectivity index (χ0v) is 12.2. The van der Waals surface area contributed by atoms with E-state index in [1.165, 1.54) is 17.8 Å². The highest BCUT2D eigenvalue weighted by Crippen LogP contribution is 2.27. The average molecular weight is 302 g/mol. The second-order valence-electron chi connectivity index (χ2n) is 4.59. The fraction of sp³-hybridized carbons (Fsp3) is 0.143. The number of hydrogen-bond donors (Lipinski definition) is 1. The molecule has 0 saturated heterocycles. The van der Waals surface area contributed by atoms with E-state index < -0.39 is 0 Å². The Morgan fingerprint density at radius 3 is 2.95 bits per heavy atom. The lowest BCUT2D eigenvalue weighted by atomic mass is 10.1. The highest BCUT2D eigenvalue weighted by Gasteiger charge is 2.13. The van der Waals surface area contributed by atoms with Gasteiger partial charge in [-0.3, -0.25) is 4.79 Å². The number of carbonyl (C=O) groups excluding carboxylic acids is 1. The molecule has 0 aliphatic heterocycles. The van der Waals surface area contributed by atoms with Crippen LogP contribution in [0.1, 0.15) is 23.0 Å². The van der Waals surface area contributed by atoms with Gasteiger partial charge in [0.25, 0.3) is 5.78 Å². The van der Waals surface area contributed by atoms with Crippen LogP contribution >= 0.6 is 11.6 Å². The normalized spacial score (nSPS) is 10.8. The number of Topliss-reactive ketones (excluding diaryl/α,β-unsaturated/α-hetero) is 1. The van der Waals surface area contributed by atoms with Crippen molar-refractivity contribution in [2.45, 2.75) is 13.8 Å². The van der Waals surface area contributed by atoms with Crippen LogP contribution in [0.5, 0.6) is 0 Å². The minimum Gasteiger partial charge on any atom is -0.339 e. The maximum atomic E-state index is 11.5. The minimum absolute atomic E-state index is 0.00144. The number of aromatic nitrogens is 4. The van der Waals surface area contributed by atoms with Crippen molar-refractivity contribution in [2.75, 3.05) is 5.32 Å². The summed E-state index contributed by atoms with van der Waals surface area (Å²) in [5, 5.41) is 7.74. The molecule has 2 heterocycles. The summed E-state index contributed by atoms with van der Waals surface area (Å²) >= 11 is 6.30. The Kier molecular flexibility index (Phi) is 3.31. The first-order chi connectivity index (χ1) is 10.1. The molecule has 0 spiro atoms. The van der Waals surface area contributed by atoms with E-state index in [0.29, 0.717) is 27.9 Å². The van der Waals surface area contributed by atoms with Crippen LogP contribution in [-0.4, -0.2) is 25.4 Å². The first kappa shape index (κ1) is 13.5. The molecule has 0 amide bonds. The molecule has 2 aromatic heterocycles. The largest absolute Gasteiger partial charge is 0.339 e. The summed E-state index contributed by atoms with van der Waals surface area (Å²) in [5.74, 6) is 1.03. The van der Waals surface area contributed by atoms with Gasteiger partial charge in [-0.25, -0.2) is 4.98 Å². The zero-order valence-electron chi connectivity index (χ0n) is 11.5. The SMILES string of the molecule is CC(=O)c1cccc(Nc2c(Cl)c(C)nc3ncnn23)c1. The molecule has 1 N–H and O–H groups in total. The third-order valence-electron chi connectivity index (χ3n) is 3.07. The molecule has 0 aliphatic carbocycles. The molecule has 0 atom stereocenters. The number of rotatable bonds is 3.